The van der Waals surface area contributed by atoms with Gasteiger partial charge in [0.2, 0.25) is 5.89 Å². The van der Waals surface area contributed by atoms with Crippen molar-refractivity contribution >= 4 is 5.91 Å². The minimum absolute atomic E-state index is 0.224. The predicted molar refractivity (Wildman–Crippen MR) is 77.5 cm³/mol. The maximum Gasteiger partial charge on any atom is 0.255 e. The number of amides is 1. The zero-order valence-electron chi connectivity index (χ0n) is 13.3. The highest BCUT2D eigenvalue weighted by Gasteiger charge is 2.40. The van der Waals surface area contributed by atoms with Gasteiger partial charge in [0.05, 0.1) is 5.56 Å². The van der Waals surface area contributed by atoms with Crippen molar-refractivity contribution in [3.05, 3.63) is 46.6 Å². The number of hydrogen-bond acceptors (Lipinski definition) is 4. The number of rotatable bonds is 3. The second-order valence-electron chi connectivity index (χ2n) is 6.08. The summed E-state index contributed by atoms with van der Waals surface area (Å²) in [6.45, 7) is 1.58. The first-order valence-corrected chi connectivity index (χ1v) is 7.80. The third-order valence-corrected chi connectivity index (χ3v) is 4.36. The molecule has 134 valence electrons. The summed E-state index contributed by atoms with van der Waals surface area (Å²) in [6.07, 6.45) is 3.37. The van der Waals surface area contributed by atoms with Gasteiger partial charge in [0.15, 0.2) is 29.1 Å². The molecule has 0 atom stereocenters. The van der Waals surface area contributed by atoms with Crippen molar-refractivity contribution in [1.82, 2.24) is 15.5 Å². The van der Waals surface area contributed by atoms with Gasteiger partial charge in [-0.2, -0.15) is 4.98 Å². The number of carbonyl (C=O) groups is 1. The molecule has 0 spiro atoms. The van der Waals surface area contributed by atoms with Crippen LogP contribution in [-0.4, -0.2) is 16.0 Å². The monoisotopic (exact) mass is 357 g/mol. The zero-order chi connectivity index (χ0) is 18.2. The van der Waals surface area contributed by atoms with Gasteiger partial charge in [-0.15, -0.1) is 0 Å². The van der Waals surface area contributed by atoms with Gasteiger partial charge in [-0.3, -0.25) is 4.79 Å². The van der Waals surface area contributed by atoms with E-state index in [1.54, 1.807) is 6.92 Å². The zero-order valence-corrected chi connectivity index (χ0v) is 13.3. The van der Waals surface area contributed by atoms with Crippen LogP contribution in [0.25, 0.3) is 0 Å². The first-order valence-electron chi connectivity index (χ1n) is 7.80. The molecule has 1 aliphatic carbocycles. The smallest absolute Gasteiger partial charge is 0.255 e. The summed E-state index contributed by atoms with van der Waals surface area (Å²) in [5, 5.41) is 6.40. The number of nitrogens with zero attached hydrogens (tertiary/aromatic N) is 2. The standard InChI is InChI=1S/C16H15F4N3O2/c1-8-21-15(23-25-8)16(5-3-2-4-6-16)22-14(24)9-7-10(17)12(19)13(20)11(9)18/h7H,2-6H2,1H3,(H,22,24). The molecule has 0 aliphatic heterocycles. The molecule has 1 aliphatic rings. The topological polar surface area (TPSA) is 68.0 Å². The van der Waals surface area contributed by atoms with Crippen LogP contribution < -0.4 is 5.32 Å². The molecular formula is C16H15F4N3O2. The van der Waals surface area contributed by atoms with E-state index >= 15 is 0 Å². The number of halogens is 4. The summed E-state index contributed by atoms with van der Waals surface area (Å²) in [5.41, 5.74) is -1.94. The van der Waals surface area contributed by atoms with Crippen molar-refractivity contribution < 1.29 is 26.9 Å². The van der Waals surface area contributed by atoms with Crippen LogP contribution in [0, 0.1) is 30.2 Å². The minimum Gasteiger partial charge on any atom is -0.340 e. The summed E-state index contributed by atoms with van der Waals surface area (Å²) in [4.78, 5) is 16.6. The number of nitrogens with one attached hydrogen (secondary N) is 1. The fourth-order valence-corrected chi connectivity index (χ4v) is 3.08. The SMILES string of the molecule is Cc1nc(C2(NC(=O)c3cc(F)c(F)c(F)c3F)CCCCC2)no1. The van der Waals surface area contributed by atoms with Gasteiger partial charge in [0.25, 0.3) is 5.91 Å². The quantitative estimate of drug-likeness (QED) is 0.518. The number of hydrogen-bond donors (Lipinski definition) is 1. The Labute approximate surface area is 140 Å². The Hall–Kier alpha value is -2.45. The lowest BCUT2D eigenvalue weighted by atomic mass is 9.80. The van der Waals surface area contributed by atoms with E-state index < -0.39 is 40.3 Å². The van der Waals surface area contributed by atoms with Gasteiger partial charge in [-0.25, -0.2) is 17.6 Å². The molecule has 0 bridgehead atoms. The van der Waals surface area contributed by atoms with Crippen LogP contribution in [0.15, 0.2) is 10.6 Å². The third kappa shape index (κ3) is 3.10. The van der Waals surface area contributed by atoms with Gasteiger partial charge in [0, 0.05) is 6.92 Å². The van der Waals surface area contributed by atoms with Crippen molar-refractivity contribution in [3.8, 4) is 0 Å². The third-order valence-electron chi connectivity index (χ3n) is 4.36. The summed E-state index contributed by atoms with van der Waals surface area (Å²) in [6, 6.07) is 0.334. The van der Waals surface area contributed by atoms with E-state index in [1.807, 2.05) is 0 Å². The number of aromatic nitrogens is 2. The maximum absolute atomic E-state index is 13.9. The fraction of sp³-hybridized carbons (Fsp3) is 0.438. The lowest BCUT2D eigenvalue weighted by molar-refractivity contribution is 0.0849. The van der Waals surface area contributed by atoms with E-state index in [9.17, 15) is 22.4 Å². The molecule has 1 heterocycles. The Morgan fingerprint density at radius 3 is 2.40 bits per heavy atom. The lowest BCUT2D eigenvalue weighted by Crippen LogP contribution is -2.48. The highest BCUT2D eigenvalue weighted by molar-refractivity contribution is 5.95. The second kappa shape index (κ2) is 6.45. The Bertz CT molecular complexity index is 816. The molecule has 1 N–H and O–H groups in total. The summed E-state index contributed by atoms with van der Waals surface area (Å²) >= 11 is 0. The van der Waals surface area contributed by atoms with Gasteiger partial charge in [-0.05, 0) is 18.9 Å². The largest absolute Gasteiger partial charge is 0.340 e. The summed E-state index contributed by atoms with van der Waals surface area (Å²) < 4.78 is 58.7. The molecule has 1 aromatic heterocycles. The Balaban J connectivity index is 1.97. The molecule has 3 rings (SSSR count). The van der Waals surface area contributed by atoms with E-state index in [2.05, 4.69) is 15.5 Å². The maximum atomic E-state index is 13.9. The van der Waals surface area contributed by atoms with Crippen LogP contribution in [0.4, 0.5) is 17.6 Å². The summed E-state index contributed by atoms with van der Waals surface area (Å²) in [5.74, 6) is -7.93. The fourth-order valence-electron chi connectivity index (χ4n) is 3.08. The molecule has 1 amide bonds. The van der Waals surface area contributed by atoms with E-state index in [0.717, 1.165) is 19.3 Å². The average molecular weight is 357 g/mol. The molecule has 0 saturated heterocycles. The van der Waals surface area contributed by atoms with Gasteiger partial charge >= 0.3 is 0 Å². The Kier molecular flexibility index (Phi) is 4.49. The van der Waals surface area contributed by atoms with Crippen molar-refractivity contribution in [1.29, 1.82) is 0 Å². The van der Waals surface area contributed by atoms with Crippen molar-refractivity contribution in [2.24, 2.45) is 0 Å². The first-order chi connectivity index (χ1) is 11.8. The molecule has 9 heteroatoms. The number of aryl methyl sites for hydroxylation is 1. The predicted octanol–water partition coefficient (Wildman–Crippen LogP) is 3.52. The van der Waals surface area contributed by atoms with E-state index in [0.29, 0.717) is 24.8 Å². The lowest BCUT2D eigenvalue weighted by Gasteiger charge is -2.35. The van der Waals surface area contributed by atoms with Crippen LogP contribution in [-0.2, 0) is 5.54 Å². The van der Waals surface area contributed by atoms with Gasteiger partial charge in [-0.1, -0.05) is 24.4 Å². The molecule has 2 aromatic rings. The molecule has 5 nitrogen and oxygen atoms in total. The Morgan fingerprint density at radius 1 is 1.12 bits per heavy atom. The van der Waals surface area contributed by atoms with Gasteiger partial charge in [0.1, 0.15) is 5.54 Å². The normalized spacial score (nSPS) is 16.7. The highest BCUT2D eigenvalue weighted by atomic mass is 19.2. The Morgan fingerprint density at radius 2 is 1.80 bits per heavy atom. The van der Waals surface area contributed by atoms with Crippen molar-refractivity contribution in [3.63, 3.8) is 0 Å². The van der Waals surface area contributed by atoms with Crippen LogP contribution in [0.3, 0.4) is 0 Å². The average Bonchev–Trinajstić information content (AvgIpc) is 3.04. The molecule has 25 heavy (non-hydrogen) atoms. The van der Waals surface area contributed by atoms with Crippen molar-refractivity contribution in [2.75, 3.05) is 0 Å². The molecule has 0 radical (unpaired) electrons. The minimum atomic E-state index is -2.03. The number of benzene rings is 1. The van der Waals surface area contributed by atoms with Crippen LogP contribution >= 0.6 is 0 Å². The highest BCUT2D eigenvalue weighted by Crippen LogP contribution is 2.36. The summed E-state index contributed by atoms with van der Waals surface area (Å²) in [7, 11) is 0. The second-order valence-corrected chi connectivity index (χ2v) is 6.08. The van der Waals surface area contributed by atoms with E-state index in [1.165, 1.54) is 0 Å². The first kappa shape index (κ1) is 17.4. The van der Waals surface area contributed by atoms with Gasteiger partial charge < -0.3 is 9.84 Å². The molecule has 1 saturated carbocycles. The molecule has 1 fully saturated rings. The van der Waals surface area contributed by atoms with Crippen molar-refractivity contribution in [2.45, 2.75) is 44.6 Å². The van der Waals surface area contributed by atoms with Crippen LogP contribution in [0.1, 0.15) is 54.2 Å². The van der Waals surface area contributed by atoms with Crippen LogP contribution in [0.2, 0.25) is 0 Å². The van der Waals surface area contributed by atoms with Crippen LogP contribution in [0.5, 0.6) is 0 Å². The molecular weight excluding hydrogens is 342 g/mol. The van der Waals surface area contributed by atoms with E-state index in [-0.39, 0.29) is 5.82 Å². The van der Waals surface area contributed by atoms with E-state index in [4.69, 9.17) is 4.52 Å². The molecule has 0 unspecified atom stereocenters. The number of carbonyl (C=O) groups excluding carboxylic acids is 1. The molecule has 1 aromatic carbocycles.